The van der Waals surface area contributed by atoms with Gasteiger partial charge in [0.2, 0.25) is 0 Å². The summed E-state index contributed by atoms with van der Waals surface area (Å²) in [7, 11) is 0. The van der Waals surface area contributed by atoms with Crippen LogP contribution in [-0.2, 0) is 0 Å². The molecule has 1 N–H and O–H groups in total. The molecule has 0 heterocycles. The molecule has 2 heteroatoms. The van der Waals surface area contributed by atoms with Crippen molar-refractivity contribution in [3.63, 3.8) is 0 Å². The third kappa shape index (κ3) is 5.90. The first kappa shape index (κ1) is 19.0. The smallest absolute Gasteiger partial charge is 0.0254 e. The minimum Gasteiger partial charge on any atom is -0.312 e. The summed E-state index contributed by atoms with van der Waals surface area (Å²) < 4.78 is 0. The monoisotopic (exact) mass is 296 g/mol. The minimum absolute atomic E-state index is 0.721. The van der Waals surface area contributed by atoms with Crippen molar-refractivity contribution in [2.45, 2.75) is 104 Å². The molecule has 0 spiro atoms. The van der Waals surface area contributed by atoms with E-state index in [1.165, 1.54) is 64.5 Å². The summed E-state index contributed by atoms with van der Waals surface area (Å²) in [4.78, 5) is 2.85. The first-order valence-electron chi connectivity index (χ1n) is 9.66. The van der Waals surface area contributed by atoms with Crippen LogP contribution in [0.5, 0.6) is 0 Å². The summed E-state index contributed by atoms with van der Waals surface area (Å²) in [5.41, 5.74) is 0. The summed E-state index contributed by atoms with van der Waals surface area (Å²) in [6.45, 7) is 14.2. The van der Waals surface area contributed by atoms with E-state index in [9.17, 15) is 0 Å². The van der Waals surface area contributed by atoms with E-state index < -0.39 is 0 Å². The maximum atomic E-state index is 3.86. The second-order valence-corrected chi connectivity index (χ2v) is 7.06. The molecule has 0 bridgehead atoms. The normalized spacial score (nSPS) is 28.0. The molecule has 1 saturated carbocycles. The summed E-state index contributed by atoms with van der Waals surface area (Å²) in [6.07, 6.45) is 10.8. The largest absolute Gasteiger partial charge is 0.312 e. The maximum absolute atomic E-state index is 3.86. The number of hydrogen-bond acceptors (Lipinski definition) is 2. The second-order valence-electron chi connectivity index (χ2n) is 7.06. The average molecular weight is 297 g/mol. The van der Waals surface area contributed by atoms with Crippen LogP contribution >= 0.6 is 0 Å². The van der Waals surface area contributed by atoms with Gasteiger partial charge in [-0.05, 0) is 64.5 Å². The summed E-state index contributed by atoms with van der Waals surface area (Å²) in [5.74, 6) is 0.947. The van der Waals surface area contributed by atoms with Crippen molar-refractivity contribution >= 4 is 0 Å². The third-order valence-corrected chi connectivity index (χ3v) is 5.51. The van der Waals surface area contributed by atoms with E-state index in [1.54, 1.807) is 0 Å². The fourth-order valence-corrected chi connectivity index (χ4v) is 3.82. The molecule has 0 aromatic heterocycles. The first-order valence-corrected chi connectivity index (χ1v) is 9.66. The number of unbranched alkanes of at least 4 members (excludes halogenated alkanes) is 1. The molecule has 126 valence electrons. The van der Waals surface area contributed by atoms with E-state index in [2.05, 4.69) is 44.8 Å². The standard InChI is InChI=1S/C19H40N2/c1-6-10-14-21(16(5)8-3)19-15-17(9-4)11-12-18(19)20-13-7-2/h16-20H,6-15H2,1-5H3. The second kappa shape index (κ2) is 10.6. The molecule has 1 fully saturated rings. The predicted octanol–water partition coefficient (Wildman–Crippen LogP) is 4.83. The highest BCUT2D eigenvalue weighted by Gasteiger charge is 2.34. The average Bonchev–Trinajstić information content (AvgIpc) is 2.53. The lowest BCUT2D eigenvalue weighted by atomic mass is 9.79. The molecule has 0 amide bonds. The lowest BCUT2D eigenvalue weighted by molar-refractivity contribution is 0.0616. The molecular formula is C19H40N2. The fourth-order valence-electron chi connectivity index (χ4n) is 3.82. The molecule has 1 aliphatic rings. The van der Waals surface area contributed by atoms with Crippen molar-refractivity contribution in [2.24, 2.45) is 5.92 Å². The highest BCUT2D eigenvalue weighted by molar-refractivity contribution is 4.92. The number of hydrogen-bond donors (Lipinski definition) is 1. The molecular weight excluding hydrogens is 256 g/mol. The van der Waals surface area contributed by atoms with Crippen molar-refractivity contribution < 1.29 is 0 Å². The predicted molar refractivity (Wildman–Crippen MR) is 94.9 cm³/mol. The van der Waals surface area contributed by atoms with Gasteiger partial charge in [0.05, 0.1) is 0 Å². The van der Waals surface area contributed by atoms with E-state index in [4.69, 9.17) is 0 Å². The Kier molecular flexibility index (Phi) is 9.59. The zero-order chi connectivity index (χ0) is 15.7. The molecule has 4 atom stereocenters. The third-order valence-electron chi connectivity index (χ3n) is 5.51. The Morgan fingerprint density at radius 1 is 1.10 bits per heavy atom. The van der Waals surface area contributed by atoms with E-state index >= 15 is 0 Å². The minimum atomic E-state index is 0.721. The molecule has 21 heavy (non-hydrogen) atoms. The van der Waals surface area contributed by atoms with Gasteiger partial charge in [-0.3, -0.25) is 4.90 Å². The van der Waals surface area contributed by atoms with Gasteiger partial charge in [0.25, 0.3) is 0 Å². The SMILES string of the molecule is CCCCN(C(C)CC)C1CC(CC)CCC1NCCC. The Morgan fingerprint density at radius 2 is 1.86 bits per heavy atom. The van der Waals surface area contributed by atoms with Crippen LogP contribution in [0.15, 0.2) is 0 Å². The first-order chi connectivity index (χ1) is 10.2. The van der Waals surface area contributed by atoms with Crippen molar-refractivity contribution in [3.8, 4) is 0 Å². The van der Waals surface area contributed by atoms with Crippen LogP contribution in [0.4, 0.5) is 0 Å². The van der Waals surface area contributed by atoms with Crippen molar-refractivity contribution in [1.82, 2.24) is 10.2 Å². The number of nitrogens with zero attached hydrogens (tertiary/aromatic N) is 1. The lowest BCUT2D eigenvalue weighted by Crippen LogP contribution is -2.56. The maximum Gasteiger partial charge on any atom is 0.0254 e. The molecule has 2 nitrogen and oxygen atoms in total. The van der Waals surface area contributed by atoms with E-state index in [-0.39, 0.29) is 0 Å². The van der Waals surface area contributed by atoms with Crippen LogP contribution in [0, 0.1) is 5.92 Å². The zero-order valence-corrected chi connectivity index (χ0v) is 15.3. The number of nitrogens with one attached hydrogen (secondary N) is 1. The van der Waals surface area contributed by atoms with Gasteiger partial charge in [0.15, 0.2) is 0 Å². The molecule has 1 rings (SSSR count). The van der Waals surface area contributed by atoms with Crippen LogP contribution < -0.4 is 5.32 Å². The van der Waals surface area contributed by atoms with Gasteiger partial charge in [-0.25, -0.2) is 0 Å². The molecule has 1 aliphatic carbocycles. The highest BCUT2D eigenvalue weighted by Crippen LogP contribution is 2.31. The van der Waals surface area contributed by atoms with Crippen LogP contribution in [0.25, 0.3) is 0 Å². The molecule has 0 aromatic rings. The molecule has 4 unspecified atom stereocenters. The Hall–Kier alpha value is -0.0800. The van der Waals surface area contributed by atoms with E-state index in [1.807, 2.05) is 0 Å². The number of rotatable bonds is 10. The zero-order valence-electron chi connectivity index (χ0n) is 15.3. The molecule has 0 aromatic carbocycles. The van der Waals surface area contributed by atoms with Crippen LogP contribution in [-0.4, -0.2) is 36.1 Å². The summed E-state index contributed by atoms with van der Waals surface area (Å²) in [6, 6.07) is 2.21. The van der Waals surface area contributed by atoms with Gasteiger partial charge in [0.1, 0.15) is 0 Å². The van der Waals surface area contributed by atoms with Gasteiger partial charge >= 0.3 is 0 Å². The van der Waals surface area contributed by atoms with Gasteiger partial charge in [0, 0.05) is 18.1 Å². The van der Waals surface area contributed by atoms with Crippen LogP contribution in [0.2, 0.25) is 0 Å². The highest BCUT2D eigenvalue weighted by atomic mass is 15.2. The van der Waals surface area contributed by atoms with Gasteiger partial charge < -0.3 is 5.32 Å². The van der Waals surface area contributed by atoms with Gasteiger partial charge in [-0.1, -0.05) is 40.5 Å². The molecule has 0 radical (unpaired) electrons. The van der Waals surface area contributed by atoms with E-state index in [0.29, 0.717) is 0 Å². The Labute approximate surface area is 134 Å². The Balaban J connectivity index is 2.78. The molecule has 0 aliphatic heterocycles. The Morgan fingerprint density at radius 3 is 2.43 bits per heavy atom. The summed E-state index contributed by atoms with van der Waals surface area (Å²) in [5, 5.41) is 3.86. The topological polar surface area (TPSA) is 15.3 Å². The van der Waals surface area contributed by atoms with Gasteiger partial charge in [-0.2, -0.15) is 0 Å². The van der Waals surface area contributed by atoms with Crippen LogP contribution in [0.3, 0.4) is 0 Å². The van der Waals surface area contributed by atoms with Crippen molar-refractivity contribution in [1.29, 1.82) is 0 Å². The molecule has 0 saturated heterocycles. The van der Waals surface area contributed by atoms with Gasteiger partial charge in [-0.15, -0.1) is 0 Å². The van der Waals surface area contributed by atoms with Crippen molar-refractivity contribution in [3.05, 3.63) is 0 Å². The quantitative estimate of drug-likeness (QED) is 0.621. The van der Waals surface area contributed by atoms with Crippen LogP contribution in [0.1, 0.15) is 86.0 Å². The lowest BCUT2D eigenvalue weighted by Gasteiger charge is -2.45. The van der Waals surface area contributed by atoms with Crippen molar-refractivity contribution in [2.75, 3.05) is 13.1 Å². The summed E-state index contributed by atoms with van der Waals surface area (Å²) >= 11 is 0. The fraction of sp³-hybridized carbons (Fsp3) is 1.00. The Bertz CT molecular complexity index is 254. The van der Waals surface area contributed by atoms with E-state index in [0.717, 1.165) is 24.0 Å².